The van der Waals surface area contributed by atoms with E-state index < -0.39 is 0 Å². The van der Waals surface area contributed by atoms with Crippen LogP contribution in [0.2, 0.25) is 0 Å². The van der Waals surface area contributed by atoms with E-state index in [0.29, 0.717) is 6.04 Å². The minimum absolute atomic E-state index is 0.680. The highest BCUT2D eigenvalue weighted by Gasteiger charge is 2.25. The summed E-state index contributed by atoms with van der Waals surface area (Å²) in [5.41, 5.74) is 2.61. The van der Waals surface area contributed by atoms with Gasteiger partial charge >= 0.3 is 0 Å². The van der Waals surface area contributed by atoms with Crippen molar-refractivity contribution in [2.75, 3.05) is 0 Å². The molecule has 17 heavy (non-hydrogen) atoms. The first-order chi connectivity index (χ1) is 8.34. The number of benzene rings is 1. The molecule has 1 aromatic carbocycles. The summed E-state index contributed by atoms with van der Waals surface area (Å²) < 4.78 is 2.17. The molecule has 2 heteroatoms. The predicted molar refractivity (Wildman–Crippen MR) is 75.4 cm³/mol. The van der Waals surface area contributed by atoms with Crippen LogP contribution in [0.25, 0.3) is 10.9 Å². The van der Waals surface area contributed by atoms with Crippen molar-refractivity contribution in [3.63, 3.8) is 0 Å². The number of aryl methyl sites for hydroxylation is 1. The Morgan fingerprint density at radius 1 is 1.12 bits per heavy atom. The summed E-state index contributed by atoms with van der Waals surface area (Å²) in [7, 11) is 0. The van der Waals surface area contributed by atoms with Crippen molar-refractivity contribution in [3.8, 4) is 0 Å². The van der Waals surface area contributed by atoms with Gasteiger partial charge in [0, 0.05) is 5.39 Å². The maximum absolute atomic E-state index is 4.42. The maximum atomic E-state index is 4.42. The maximum Gasteiger partial charge on any atom is 0.0688 e. The fourth-order valence-corrected chi connectivity index (χ4v) is 1.76. The van der Waals surface area contributed by atoms with Crippen LogP contribution >= 0.6 is 0 Å². The first-order valence-corrected chi connectivity index (χ1v) is 6.78. The van der Waals surface area contributed by atoms with Crippen LogP contribution in [0.5, 0.6) is 0 Å². The number of hydrogen-bond donors (Lipinski definition) is 0. The van der Waals surface area contributed by atoms with Crippen molar-refractivity contribution in [2.24, 2.45) is 0 Å². The third kappa shape index (κ3) is 3.09. The number of rotatable bonds is 1. The average molecular weight is 232 g/mol. The zero-order valence-electron chi connectivity index (χ0n) is 11.7. The molecule has 0 bridgehead atoms. The Morgan fingerprint density at radius 3 is 2.35 bits per heavy atom. The number of aromatic nitrogens is 2. The van der Waals surface area contributed by atoms with Crippen LogP contribution in [0, 0.1) is 6.92 Å². The van der Waals surface area contributed by atoms with E-state index in [1.165, 1.54) is 29.3 Å². The number of nitrogens with zero attached hydrogens (tertiary/aromatic N) is 2. The van der Waals surface area contributed by atoms with Crippen LogP contribution in [0.15, 0.2) is 24.4 Å². The molecule has 0 unspecified atom stereocenters. The SMILES string of the molecule is CC.CC.Cc1ccc2cnn(C3CC3)c2c1. The highest BCUT2D eigenvalue weighted by Crippen LogP contribution is 2.36. The van der Waals surface area contributed by atoms with E-state index in [1.807, 2.05) is 33.9 Å². The molecule has 0 atom stereocenters. The third-order valence-electron chi connectivity index (χ3n) is 2.65. The lowest BCUT2D eigenvalue weighted by atomic mass is 10.2. The first-order valence-electron chi connectivity index (χ1n) is 6.78. The lowest BCUT2D eigenvalue weighted by Crippen LogP contribution is -1.94. The summed E-state index contributed by atoms with van der Waals surface area (Å²) in [6.45, 7) is 10.1. The zero-order valence-corrected chi connectivity index (χ0v) is 11.7. The molecular formula is C15H24N2. The van der Waals surface area contributed by atoms with Gasteiger partial charge in [-0.25, -0.2) is 0 Å². The lowest BCUT2D eigenvalue weighted by molar-refractivity contribution is 0.665. The topological polar surface area (TPSA) is 17.8 Å². The zero-order chi connectivity index (χ0) is 12.8. The van der Waals surface area contributed by atoms with Gasteiger partial charge in [-0.3, -0.25) is 4.68 Å². The molecular weight excluding hydrogens is 208 g/mol. The van der Waals surface area contributed by atoms with Gasteiger partial charge in [0.25, 0.3) is 0 Å². The van der Waals surface area contributed by atoms with Crippen molar-refractivity contribution in [1.82, 2.24) is 9.78 Å². The van der Waals surface area contributed by atoms with Crippen LogP contribution in [0.4, 0.5) is 0 Å². The summed E-state index contributed by atoms with van der Waals surface area (Å²) in [5.74, 6) is 0. The molecule has 2 nitrogen and oxygen atoms in total. The van der Waals surface area contributed by atoms with E-state index in [4.69, 9.17) is 0 Å². The fourth-order valence-electron chi connectivity index (χ4n) is 1.76. The molecule has 0 amide bonds. The molecule has 1 aliphatic carbocycles. The second kappa shape index (κ2) is 6.43. The summed E-state index contributed by atoms with van der Waals surface area (Å²) >= 11 is 0. The molecule has 1 fully saturated rings. The molecule has 0 radical (unpaired) electrons. The molecule has 0 aliphatic heterocycles. The van der Waals surface area contributed by atoms with E-state index in [9.17, 15) is 0 Å². The van der Waals surface area contributed by atoms with Gasteiger partial charge in [-0.1, -0.05) is 39.8 Å². The number of fused-ring (bicyclic) bond motifs is 1. The molecule has 1 aliphatic rings. The Labute approximate surface area is 105 Å². The van der Waals surface area contributed by atoms with Crippen LogP contribution < -0.4 is 0 Å². The number of hydrogen-bond acceptors (Lipinski definition) is 1. The summed E-state index contributed by atoms with van der Waals surface area (Å²) in [6, 6.07) is 7.19. The van der Waals surface area contributed by atoms with Crippen molar-refractivity contribution >= 4 is 10.9 Å². The Balaban J connectivity index is 0.000000330. The summed E-state index contributed by atoms with van der Waals surface area (Å²) in [4.78, 5) is 0. The third-order valence-corrected chi connectivity index (χ3v) is 2.65. The largest absolute Gasteiger partial charge is 0.262 e. The van der Waals surface area contributed by atoms with Gasteiger partial charge in [0.05, 0.1) is 17.8 Å². The lowest BCUT2D eigenvalue weighted by Gasteiger charge is -2.00. The Kier molecular flexibility index (Phi) is 5.20. The standard InChI is InChI=1S/C11H12N2.2C2H6/c1-8-2-3-9-7-12-13(10-4-5-10)11(9)6-8;2*1-2/h2-3,6-7,10H,4-5H2,1H3;2*1-2H3. The van der Waals surface area contributed by atoms with E-state index in [-0.39, 0.29) is 0 Å². The molecule has 0 N–H and O–H groups in total. The molecule has 94 valence electrons. The van der Waals surface area contributed by atoms with Gasteiger partial charge in [-0.2, -0.15) is 5.10 Å². The molecule has 1 aromatic heterocycles. The molecule has 0 saturated heterocycles. The summed E-state index contributed by atoms with van der Waals surface area (Å²) in [5, 5.41) is 5.68. The van der Waals surface area contributed by atoms with E-state index in [1.54, 1.807) is 0 Å². The smallest absolute Gasteiger partial charge is 0.0688 e. The first kappa shape index (κ1) is 13.8. The van der Waals surface area contributed by atoms with Crippen LogP contribution in [0.3, 0.4) is 0 Å². The average Bonchev–Trinajstić information content (AvgIpc) is 3.15. The van der Waals surface area contributed by atoms with Crippen molar-refractivity contribution in [2.45, 2.75) is 53.5 Å². The summed E-state index contributed by atoms with van der Waals surface area (Å²) in [6.07, 6.45) is 4.56. The molecule has 1 heterocycles. The van der Waals surface area contributed by atoms with Crippen molar-refractivity contribution in [3.05, 3.63) is 30.0 Å². The fraction of sp³-hybridized carbons (Fsp3) is 0.533. The Bertz CT molecular complexity index is 453. The Hall–Kier alpha value is -1.31. The molecule has 2 aromatic rings. The highest BCUT2D eigenvalue weighted by molar-refractivity contribution is 5.79. The molecule has 3 rings (SSSR count). The van der Waals surface area contributed by atoms with Crippen LogP contribution in [0.1, 0.15) is 52.1 Å². The van der Waals surface area contributed by atoms with Gasteiger partial charge in [0.2, 0.25) is 0 Å². The second-order valence-corrected chi connectivity index (χ2v) is 3.88. The minimum Gasteiger partial charge on any atom is -0.262 e. The molecule has 1 saturated carbocycles. The van der Waals surface area contributed by atoms with Gasteiger partial charge in [0.15, 0.2) is 0 Å². The normalized spacial score (nSPS) is 13.5. The van der Waals surface area contributed by atoms with Crippen molar-refractivity contribution < 1.29 is 0 Å². The van der Waals surface area contributed by atoms with Gasteiger partial charge in [-0.15, -0.1) is 0 Å². The van der Waals surface area contributed by atoms with E-state index >= 15 is 0 Å². The minimum atomic E-state index is 0.680. The molecule has 0 spiro atoms. The van der Waals surface area contributed by atoms with E-state index in [0.717, 1.165) is 0 Å². The Morgan fingerprint density at radius 2 is 1.76 bits per heavy atom. The quantitative estimate of drug-likeness (QED) is 0.695. The van der Waals surface area contributed by atoms with E-state index in [2.05, 4.69) is 34.9 Å². The highest BCUT2D eigenvalue weighted by atomic mass is 15.3. The monoisotopic (exact) mass is 232 g/mol. The van der Waals surface area contributed by atoms with Gasteiger partial charge in [0.1, 0.15) is 0 Å². The van der Waals surface area contributed by atoms with Crippen LogP contribution in [-0.2, 0) is 0 Å². The van der Waals surface area contributed by atoms with Gasteiger partial charge in [-0.05, 0) is 31.4 Å². The second-order valence-electron chi connectivity index (χ2n) is 3.88. The van der Waals surface area contributed by atoms with Gasteiger partial charge < -0.3 is 0 Å². The predicted octanol–water partition coefficient (Wildman–Crippen LogP) is 4.73. The van der Waals surface area contributed by atoms with Crippen LogP contribution in [-0.4, -0.2) is 9.78 Å². The van der Waals surface area contributed by atoms with Crippen molar-refractivity contribution in [1.29, 1.82) is 0 Å².